The second kappa shape index (κ2) is 3.90. The molecule has 0 spiro atoms. The van der Waals surface area contributed by atoms with E-state index in [-0.39, 0.29) is 0 Å². The van der Waals surface area contributed by atoms with Crippen LogP contribution in [0.3, 0.4) is 0 Å². The van der Waals surface area contributed by atoms with Crippen LogP contribution in [0.4, 0.5) is 0 Å². The predicted octanol–water partition coefficient (Wildman–Crippen LogP) is 1.58. The standard InChI is InChI=1S/C7H16N/c1-4-6(3)7(8)5-2/h6-7H,1,4-5,8H2,2-3H3. The zero-order valence-electron chi connectivity index (χ0n) is 5.85. The fraction of sp³-hybridized carbons (Fsp3) is 0.857. The van der Waals surface area contributed by atoms with Gasteiger partial charge in [0.05, 0.1) is 0 Å². The molecule has 0 amide bonds. The highest BCUT2D eigenvalue weighted by Crippen LogP contribution is 2.06. The smallest absolute Gasteiger partial charge is 0.00619 e. The van der Waals surface area contributed by atoms with Crippen molar-refractivity contribution in [3.63, 3.8) is 0 Å². The zero-order chi connectivity index (χ0) is 6.57. The molecule has 0 bridgehead atoms. The Morgan fingerprint density at radius 3 is 2.25 bits per heavy atom. The number of rotatable bonds is 3. The van der Waals surface area contributed by atoms with Crippen molar-refractivity contribution < 1.29 is 0 Å². The minimum absolute atomic E-state index is 0.354. The fourth-order valence-electron chi connectivity index (χ4n) is 0.616. The van der Waals surface area contributed by atoms with E-state index in [1.165, 1.54) is 0 Å². The molecule has 0 fully saturated rings. The number of hydrogen-bond acceptors (Lipinski definition) is 1. The molecule has 2 N–H and O–H groups in total. The Labute approximate surface area is 52.3 Å². The molecule has 0 aromatic heterocycles. The van der Waals surface area contributed by atoms with Crippen molar-refractivity contribution >= 4 is 0 Å². The molecule has 49 valence electrons. The van der Waals surface area contributed by atoms with Crippen LogP contribution in [-0.4, -0.2) is 6.04 Å². The summed E-state index contributed by atoms with van der Waals surface area (Å²) in [6.45, 7) is 8.02. The van der Waals surface area contributed by atoms with Crippen molar-refractivity contribution in [2.24, 2.45) is 11.7 Å². The summed E-state index contributed by atoms with van der Waals surface area (Å²) >= 11 is 0. The molecule has 0 saturated heterocycles. The maximum atomic E-state index is 5.69. The second-order valence-electron chi connectivity index (χ2n) is 2.34. The van der Waals surface area contributed by atoms with Crippen LogP contribution in [0.15, 0.2) is 0 Å². The van der Waals surface area contributed by atoms with Crippen molar-refractivity contribution in [2.75, 3.05) is 0 Å². The van der Waals surface area contributed by atoms with Gasteiger partial charge in [-0.1, -0.05) is 20.8 Å². The first-order chi connectivity index (χ1) is 3.72. The second-order valence-corrected chi connectivity index (χ2v) is 2.34. The summed E-state index contributed by atoms with van der Waals surface area (Å²) in [7, 11) is 0. The molecule has 1 radical (unpaired) electrons. The highest BCUT2D eigenvalue weighted by molar-refractivity contribution is 4.67. The van der Waals surface area contributed by atoms with Gasteiger partial charge in [-0.3, -0.25) is 0 Å². The molecule has 0 aromatic rings. The van der Waals surface area contributed by atoms with Crippen LogP contribution in [-0.2, 0) is 0 Å². The van der Waals surface area contributed by atoms with E-state index in [1.807, 2.05) is 0 Å². The molecule has 0 heterocycles. The van der Waals surface area contributed by atoms with Gasteiger partial charge in [-0.25, -0.2) is 0 Å². The summed E-state index contributed by atoms with van der Waals surface area (Å²) in [6, 6.07) is 0.354. The highest BCUT2D eigenvalue weighted by Gasteiger charge is 2.06. The molecule has 0 aromatic carbocycles. The van der Waals surface area contributed by atoms with Crippen molar-refractivity contribution in [1.82, 2.24) is 0 Å². The SMILES string of the molecule is [CH2]CC(C)C(N)CC. The van der Waals surface area contributed by atoms with E-state index in [0.29, 0.717) is 12.0 Å². The van der Waals surface area contributed by atoms with Gasteiger partial charge in [-0.05, 0) is 18.8 Å². The van der Waals surface area contributed by atoms with Crippen LogP contribution in [0.1, 0.15) is 26.7 Å². The lowest BCUT2D eigenvalue weighted by molar-refractivity contribution is 0.448. The Kier molecular flexibility index (Phi) is 3.88. The van der Waals surface area contributed by atoms with E-state index in [4.69, 9.17) is 5.73 Å². The fourth-order valence-corrected chi connectivity index (χ4v) is 0.616. The molecule has 0 rings (SSSR count). The van der Waals surface area contributed by atoms with Crippen LogP contribution >= 0.6 is 0 Å². The Bertz CT molecular complexity index is 44.3. The van der Waals surface area contributed by atoms with Crippen LogP contribution in [0, 0.1) is 12.8 Å². The quantitative estimate of drug-likeness (QED) is 0.592. The minimum Gasteiger partial charge on any atom is -0.327 e. The van der Waals surface area contributed by atoms with Crippen LogP contribution in [0.25, 0.3) is 0 Å². The van der Waals surface area contributed by atoms with Gasteiger partial charge in [-0.15, -0.1) is 0 Å². The molecule has 1 heteroatoms. The first kappa shape index (κ1) is 7.96. The first-order valence-corrected chi connectivity index (χ1v) is 3.27. The Balaban J connectivity index is 3.29. The van der Waals surface area contributed by atoms with Crippen LogP contribution in [0.2, 0.25) is 0 Å². The summed E-state index contributed by atoms with van der Waals surface area (Å²) in [5.41, 5.74) is 5.69. The molecule has 1 nitrogen and oxygen atoms in total. The van der Waals surface area contributed by atoms with E-state index in [1.54, 1.807) is 0 Å². The molecular weight excluding hydrogens is 98.1 g/mol. The average Bonchev–Trinajstić information content (AvgIpc) is 1.84. The van der Waals surface area contributed by atoms with Crippen LogP contribution < -0.4 is 5.73 Å². The van der Waals surface area contributed by atoms with Gasteiger partial charge >= 0.3 is 0 Å². The summed E-state index contributed by atoms with van der Waals surface area (Å²) < 4.78 is 0. The molecule has 0 aliphatic carbocycles. The molecule has 0 aliphatic heterocycles. The van der Waals surface area contributed by atoms with E-state index in [0.717, 1.165) is 12.8 Å². The monoisotopic (exact) mass is 114 g/mol. The van der Waals surface area contributed by atoms with Gasteiger partial charge in [0, 0.05) is 6.04 Å². The van der Waals surface area contributed by atoms with Gasteiger partial charge in [0.2, 0.25) is 0 Å². The third kappa shape index (κ3) is 2.31. The van der Waals surface area contributed by atoms with Gasteiger partial charge < -0.3 is 5.73 Å². The third-order valence-electron chi connectivity index (χ3n) is 1.66. The van der Waals surface area contributed by atoms with Crippen molar-refractivity contribution in [2.45, 2.75) is 32.7 Å². The average molecular weight is 114 g/mol. The maximum Gasteiger partial charge on any atom is 0.00619 e. The zero-order valence-corrected chi connectivity index (χ0v) is 5.85. The van der Waals surface area contributed by atoms with Gasteiger partial charge in [-0.2, -0.15) is 0 Å². The van der Waals surface area contributed by atoms with E-state index in [2.05, 4.69) is 20.8 Å². The molecule has 0 saturated carbocycles. The molecule has 0 aliphatic rings. The van der Waals surface area contributed by atoms with E-state index in [9.17, 15) is 0 Å². The first-order valence-electron chi connectivity index (χ1n) is 3.27. The minimum atomic E-state index is 0.354. The van der Waals surface area contributed by atoms with E-state index < -0.39 is 0 Å². The Morgan fingerprint density at radius 2 is 2.12 bits per heavy atom. The maximum absolute atomic E-state index is 5.69. The summed E-state index contributed by atoms with van der Waals surface area (Å²) in [5.74, 6) is 0.583. The largest absolute Gasteiger partial charge is 0.327 e. The Morgan fingerprint density at radius 1 is 1.62 bits per heavy atom. The summed E-state index contributed by atoms with van der Waals surface area (Å²) in [6.07, 6.45) is 2.02. The lowest BCUT2D eigenvalue weighted by Crippen LogP contribution is -2.26. The number of nitrogens with two attached hydrogens (primary N) is 1. The van der Waals surface area contributed by atoms with Crippen molar-refractivity contribution in [1.29, 1.82) is 0 Å². The third-order valence-corrected chi connectivity index (χ3v) is 1.66. The lowest BCUT2D eigenvalue weighted by atomic mass is 9.98. The van der Waals surface area contributed by atoms with Gasteiger partial charge in [0.15, 0.2) is 0 Å². The predicted molar refractivity (Wildman–Crippen MR) is 37.4 cm³/mol. The summed E-state index contributed by atoms with van der Waals surface area (Å²) in [5, 5.41) is 0. The van der Waals surface area contributed by atoms with Crippen molar-refractivity contribution in [3.05, 3.63) is 6.92 Å². The van der Waals surface area contributed by atoms with Crippen molar-refractivity contribution in [3.8, 4) is 0 Å². The Hall–Kier alpha value is -0.0400. The topological polar surface area (TPSA) is 26.0 Å². The normalized spacial score (nSPS) is 18.0. The molecule has 8 heavy (non-hydrogen) atoms. The summed E-state index contributed by atoms with van der Waals surface area (Å²) in [4.78, 5) is 0. The van der Waals surface area contributed by atoms with Gasteiger partial charge in [0.1, 0.15) is 0 Å². The lowest BCUT2D eigenvalue weighted by Gasteiger charge is -2.14. The molecular formula is C7H16N. The van der Waals surface area contributed by atoms with E-state index >= 15 is 0 Å². The van der Waals surface area contributed by atoms with Gasteiger partial charge in [0.25, 0.3) is 0 Å². The molecule has 2 atom stereocenters. The highest BCUT2D eigenvalue weighted by atomic mass is 14.6. The number of hydrogen-bond donors (Lipinski definition) is 1. The van der Waals surface area contributed by atoms with Crippen LogP contribution in [0.5, 0.6) is 0 Å². The molecule has 2 unspecified atom stereocenters.